The lowest BCUT2D eigenvalue weighted by Crippen LogP contribution is -2.41. The standard InChI is InChI=1S/C14H20ClNO3/c1-5-14(3,18-4)13(17)16-10-7-8-12(19-6-2)11(15)9-10/h7-9H,5-6H2,1-4H3,(H,16,17)/t14-/m1/s1. The second-order valence-corrected chi connectivity index (χ2v) is 4.73. The third-order valence-corrected chi connectivity index (χ3v) is 3.39. The van der Waals surface area contributed by atoms with Gasteiger partial charge in [0.1, 0.15) is 11.4 Å². The number of anilines is 1. The Morgan fingerprint density at radius 1 is 1.42 bits per heavy atom. The molecule has 0 bridgehead atoms. The molecule has 0 unspecified atom stereocenters. The molecule has 0 fully saturated rings. The van der Waals surface area contributed by atoms with Crippen LogP contribution in [0.2, 0.25) is 5.02 Å². The zero-order chi connectivity index (χ0) is 14.5. The summed E-state index contributed by atoms with van der Waals surface area (Å²) in [7, 11) is 1.52. The van der Waals surface area contributed by atoms with Crippen LogP contribution in [-0.2, 0) is 9.53 Å². The van der Waals surface area contributed by atoms with Crippen molar-refractivity contribution in [1.29, 1.82) is 0 Å². The first-order chi connectivity index (χ1) is 8.96. The van der Waals surface area contributed by atoms with Gasteiger partial charge in [-0.25, -0.2) is 0 Å². The second kappa shape index (κ2) is 6.78. The van der Waals surface area contributed by atoms with Crippen molar-refractivity contribution in [2.24, 2.45) is 0 Å². The van der Waals surface area contributed by atoms with Crippen molar-refractivity contribution in [3.63, 3.8) is 0 Å². The van der Waals surface area contributed by atoms with Gasteiger partial charge >= 0.3 is 0 Å². The molecule has 0 radical (unpaired) electrons. The van der Waals surface area contributed by atoms with Crippen LogP contribution in [0.5, 0.6) is 5.75 Å². The van der Waals surface area contributed by atoms with Crippen molar-refractivity contribution in [2.45, 2.75) is 32.8 Å². The molecule has 0 spiro atoms. The van der Waals surface area contributed by atoms with Crippen LogP contribution in [0.15, 0.2) is 18.2 Å². The van der Waals surface area contributed by atoms with Crippen LogP contribution < -0.4 is 10.1 Å². The Kier molecular flexibility index (Phi) is 5.63. The summed E-state index contributed by atoms with van der Waals surface area (Å²) in [6.45, 7) is 6.08. The topological polar surface area (TPSA) is 47.6 Å². The van der Waals surface area contributed by atoms with E-state index in [9.17, 15) is 4.79 Å². The lowest BCUT2D eigenvalue weighted by atomic mass is 10.0. The summed E-state index contributed by atoms with van der Waals surface area (Å²) >= 11 is 6.07. The summed E-state index contributed by atoms with van der Waals surface area (Å²) in [5.41, 5.74) is -0.222. The smallest absolute Gasteiger partial charge is 0.256 e. The van der Waals surface area contributed by atoms with Gasteiger partial charge in [0.25, 0.3) is 5.91 Å². The van der Waals surface area contributed by atoms with Gasteiger partial charge in [-0.15, -0.1) is 0 Å². The Morgan fingerprint density at radius 3 is 2.58 bits per heavy atom. The Balaban J connectivity index is 2.83. The zero-order valence-electron chi connectivity index (χ0n) is 11.7. The van der Waals surface area contributed by atoms with E-state index in [4.69, 9.17) is 21.1 Å². The zero-order valence-corrected chi connectivity index (χ0v) is 12.5. The van der Waals surface area contributed by atoms with Crippen molar-refractivity contribution >= 4 is 23.2 Å². The number of nitrogens with one attached hydrogen (secondary N) is 1. The summed E-state index contributed by atoms with van der Waals surface area (Å²) in [4.78, 5) is 12.1. The number of carbonyl (C=O) groups excluding carboxylic acids is 1. The summed E-state index contributed by atoms with van der Waals surface area (Å²) in [5, 5.41) is 3.26. The van der Waals surface area contributed by atoms with Gasteiger partial charge in [0.15, 0.2) is 0 Å². The number of hydrogen-bond acceptors (Lipinski definition) is 3. The Labute approximate surface area is 119 Å². The fourth-order valence-corrected chi connectivity index (χ4v) is 1.75. The molecule has 0 aromatic heterocycles. The first-order valence-corrected chi connectivity index (χ1v) is 6.63. The largest absolute Gasteiger partial charge is 0.492 e. The average Bonchev–Trinajstić information content (AvgIpc) is 2.41. The van der Waals surface area contributed by atoms with E-state index in [1.165, 1.54) is 7.11 Å². The average molecular weight is 286 g/mol. The van der Waals surface area contributed by atoms with Crippen molar-refractivity contribution in [3.8, 4) is 5.75 Å². The molecule has 0 saturated heterocycles. The summed E-state index contributed by atoms with van der Waals surface area (Å²) < 4.78 is 10.6. The molecule has 1 amide bonds. The van der Waals surface area contributed by atoms with Crippen LogP contribution in [0.3, 0.4) is 0 Å². The highest BCUT2D eigenvalue weighted by molar-refractivity contribution is 6.32. The number of carbonyl (C=O) groups is 1. The molecule has 1 atom stereocenters. The van der Waals surface area contributed by atoms with Gasteiger partial charge < -0.3 is 14.8 Å². The van der Waals surface area contributed by atoms with Gasteiger partial charge in [0.05, 0.1) is 11.6 Å². The number of rotatable bonds is 6. The second-order valence-electron chi connectivity index (χ2n) is 4.32. The number of methoxy groups -OCH3 is 1. The van der Waals surface area contributed by atoms with Gasteiger partial charge in [-0.1, -0.05) is 18.5 Å². The van der Waals surface area contributed by atoms with Crippen LogP contribution in [0, 0.1) is 0 Å². The fourth-order valence-electron chi connectivity index (χ4n) is 1.51. The highest BCUT2D eigenvalue weighted by Gasteiger charge is 2.30. The highest BCUT2D eigenvalue weighted by atomic mass is 35.5. The summed E-state index contributed by atoms with van der Waals surface area (Å²) in [5.74, 6) is 0.407. The number of amides is 1. The van der Waals surface area contributed by atoms with E-state index in [2.05, 4.69) is 5.32 Å². The van der Waals surface area contributed by atoms with Crippen LogP contribution in [-0.4, -0.2) is 25.2 Å². The van der Waals surface area contributed by atoms with Crippen LogP contribution in [0.25, 0.3) is 0 Å². The lowest BCUT2D eigenvalue weighted by molar-refractivity contribution is -0.136. The maximum atomic E-state index is 12.1. The molecular weight excluding hydrogens is 266 g/mol. The Hall–Kier alpha value is -1.26. The predicted octanol–water partition coefficient (Wildman–Crippen LogP) is 3.49. The lowest BCUT2D eigenvalue weighted by Gasteiger charge is -2.25. The van der Waals surface area contributed by atoms with Gasteiger partial charge in [0.2, 0.25) is 0 Å². The number of halogens is 1. The number of benzene rings is 1. The number of ether oxygens (including phenoxy) is 2. The maximum Gasteiger partial charge on any atom is 0.256 e. The van der Waals surface area contributed by atoms with E-state index in [1.807, 2.05) is 13.8 Å². The summed E-state index contributed by atoms with van der Waals surface area (Å²) in [6, 6.07) is 5.15. The van der Waals surface area contributed by atoms with Gasteiger partial charge in [-0.05, 0) is 38.5 Å². The molecule has 1 N–H and O–H groups in total. The molecule has 0 aliphatic carbocycles. The molecule has 5 heteroatoms. The molecule has 0 aliphatic heterocycles. The van der Waals surface area contributed by atoms with E-state index in [-0.39, 0.29) is 5.91 Å². The van der Waals surface area contributed by atoms with Crippen molar-refractivity contribution in [1.82, 2.24) is 0 Å². The van der Waals surface area contributed by atoms with E-state index >= 15 is 0 Å². The number of hydrogen-bond donors (Lipinski definition) is 1. The fraction of sp³-hybridized carbons (Fsp3) is 0.500. The third kappa shape index (κ3) is 3.85. The summed E-state index contributed by atoms with van der Waals surface area (Å²) in [6.07, 6.45) is 0.583. The van der Waals surface area contributed by atoms with Gasteiger partial charge in [-0.3, -0.25) is 4.79 Å². The molecule has 0 saturated carbocycles. The maximum absolute atomic E-state index is 12.1. The minimum Gasteiger partial charge on any atom is -0.492 e. The predicted molar refractivity (Wildman–Crippen MR) is 77.0 cm³/mol. The van der Waals surface area contributed by atoms with E-state index in [0.717, 1.165) is 0 Å². The normalized spacial score (nSPS) is 13.7. The van der Waals surface area contributed by atoms with Crippen molar-refractivity contribution < 1.29 is 14.3 Å². The minimum absolute atomic E-state index is 0.197. The highest BCUT2D eigenvalue weighted by Crippen LogP contribution is 2.28. The van der Waals surface area contributed by atoms with Crippen LogP contribution in [0.4, 0.5) is 5.69 Å². The van der Waals surface area contributed by atoms with Crippen molar-refractivity contribution in [3.05, 3.63) is 23.2 Å². The quantitative estimate of drug-likeness (QED) is 0.870. The molecule has 1 aromatic carbocycles. The third-order valence-electron chi connectivity index (χ3n) is 3.10. The Morgan fingerprint density at radius 2 is 2.11 bits per heavy atom. The molecule has 4 nitrogen and oxygen atoms in total. The minimum atomic E-state index is -0.842. The van der Waals surface area contributed by atoms with E-state index in [0.29, 0.717) is 29.5 Å². The first kappa shape index (κ1) is 15.8. The Bertz CT molecular complexity index is 444. The monoisotopic (exact) mass is 285 g/mol. The molecule has 1 aromatic rings. The molecule has 1 rings (SSSR count). The SMILES string of the molecule is CCOc1ccc(NC(=O)[C@@](C)(CC)OC)cc1Cl. The molecule has 19 heavy (non-hydrogen) atoms. The molecular formula is C14H20ClNO3. The molecule has 106 valence electrons. The van der Waals surface area contributed by atoms with Crippen LogP contribution in [0.1, 0.15) is 27.2 Å². The van der Waals surface area contributed by atoms with E-state index in [1.54, 1.807) is 25.1 Å². The molecule has 0 heterocycles. The molecule has 0 aliphatic rings. The first-order valence-electron chi connectivity index (χ1n) is 6.25. The van der Waals surface area contributed by atoms with E-state index < -0.39 is 5.60 Å². The van der Waals surface area contributed by atoms with Crippen molar-refractivity contribution in [2.75, 3.05) is 19.0 Å². The van der Waals surface area contributed by atoms with Gasteiger partial charge in [-0.2, -0.15) is 0 Å². The van der Waals surface area contributed by atoms with Gasteiger partial charge in [0, 0.05) is 12.8 Å². The van der Waals surface area contributed by atoms with Crippen LogP contribution >= 0.6 is 11.6 Å².